The van der Waals surface area contributed by atoms with Gasteiger partial charge in [0.15, 0.2) is 0 Å². The van der Waals surface area contributed by atoms with Crippen molar-refractivity contribution >= 4 is 11.8 Å². The number of nitrogens with one attached hydrogen (secondary N) is 2. The zero-order chi connectivity index (χ0) is 19.5. The van der Waals surface area contributed by atoms with Crippen LogP contribution in [-0.4, -0.2) is 37.3 Å². The molecule has 0 bridgehead atoms. The van der Waals surface area contributed by atoms with E-state index in [1.54, 1.807) is 24.1 Å². The van der Waals surface area contributed by atoms with E-state index in [1.807, 2.05) is 25.1 Å². The van der Waals surface area contributed by atoms with Crippen molar-refractivity contribution in [1.82, 2.24) is 30.0 Å². The van der Waals surface area contributed by atoms with Crippen molar-refractivity contribution in [2.24, 2.45) is 7.05 Å². The summed E-state index contributed by atoms with van der Waals surface area (Å²) in [7, 11) is 1.79. The fourth-order valence-electron chi connectivity index (χ4n) is 3.48. The zero-order valence-corrected chi connectivity index (χ0v) is 16.1. The van der Waals surface area contributed by atoms with E-state index in [1.165, 1.54) is 11.3 Å². The van der Waals surface area contributed by atoms with Crippen LogP contribution in [0.25, 0.3) is 11.3 Å². The van der Waals surface area contributed by atoms with Gasteiger partial charge >= 0.3 is 6.03 Å². The van der Waals surface area contributed by atoms with Crippen LogP contribution in [-0.2, 0) is 26.3 Å². The highest BCUT2D eigenvalue weighted by Crippen LogP contribution is 2.22. The maximum absolute atomic E-state index is 12.2. The Balaban J connectivity index is 1.33. The minimum absolute atomic E-state index is 0.279. The Labute approximate surface area is 163 Å². The molecular formula is C20H23N7O. The van der Waals surface area contributed by atoms with E-state index >= 15 is 0 Å². The van der Waals surface area contributed by atoms with Crippen molar-refractivity contribution < 1.29 is 4.79 Å². The normalized spacial score (nSPS) is 12.6. The lowest BCUT2D eigenvalue weighted by atomic mass is 10.2. The number of fused-ring (bicyclic) bond motifs is 1. The first kappa shape index (κ1) is 18.1. The average molecular weight is 377 g/mol. The van der Waals surface area contributed by atoms with Gasteiger partial charge in [-0.2, -0.15) is 5.10 Å². The highest BCUT2D eigenvalue weighted by molar-refractivity contribution is 5.89. The Kier molecular flexibility index (Phi) is 5.01. The molecule has 0 saturated heterocycles. The van der Waals surface area contributed by atoms with Crippen molar-refractivity contribution in [3.05, 3.63) is 53.4 Å². The molecule has 0 spiro atoms. The first-order valence-corrected chi connectivity index (χ1v) is 9.44. The van der Waals surface area contributed by atoms with Crippen molar-refractivity contribution in [2.45, 2.75) is 32.6 Å². The molecule has 1 aliphatic rings. The molecule has 1 aliphatic carbocycles. The minimum atomic E-state index is -0.279. The molecule has 2 amide bonds. The molecule has 0 saturated carbocycles. The monoisotopic (exact) mass is 377 g/mol. The van der Waals surface area contributed by atoms with Gasteiger partial charge in [-0.25, -0.2) is 14.8 Å². The molecule has 3 heterocycles. The Hall–Kier alpha value is -3.29. The molecular weight excluding hydrogens is 354 g/mol. The molecule has 4 rings (SSSR count). The summed E-state index contributed by atoms with van der Waals surface area (Å²) in [5, 5.41) is 10.1. The lowest BCUT2D eigenvalue weighted by molar-refractivity contribution is 0.252. The number of hydrogen-bond acceptors (Lipinski definition) is 5. The molecule has 0 atom stereocenters. The second kappa shape index (κ2) is 7.75. The fourth-order valence-corrected chi connectivity index (χ4v) is 3.48. The predicted octanol–water partition coefficient (Wildman–Crippen LogP) is 2.43. The van der Waals surface area contributed by atoms with Gasteiger partial charge in [-0.05, 0) is 43.9 Å². The number of carbonyl (C=O) groups is 1. The summed E-state index contributed by atoms with van der Waals surface area (Å²) >= 11 is 0. The van der Waals surface area contributed by atoms with E-state index in [-0.39, 0.29) is 6.03 Å². The molecule has 0 aliphatic heterocycles. The predicted molar refractivity (Wildman–Crippen MR) is 106 cm³/mol. The number of carbonyl (C=O) groups excluding carboxylic acids is 1. The van der Waals surface area contributed by atoms with E-state index < -0.39 is 0 Å². The number of pyridine rings is 1. The van der Waals surface area contributed by atoms with E-state index in [9.17, 15) is 4.79 Å². The summed E-state index contributed by atoms with van der Waals surface area (Å²) in [6.45, 7) is 2.51. The summed E-state index contributed by atoms with van der Waals surface area (Å²) in [5.74, 6) is 1.40. The highest BCUT2D eigenvalue weighted by Gasteiger charge is 2.17. The van der Waals surface area contributed by atoms with E-state index in [0.717, 1.165) is 42.0 Å². The maximum atomic E-state index is 12.2. The van der Waals surface area contributed by atoms with Gasteiger partial charge in [-0.3, -0.25) is 15.0 Å². The number of anilines is 1. The van der Waals surface area contributed by atoms with Crippen LogP contribution >= 0.6 is 0 Å². The van der Waals surface area contributed by atoms with Crippen LogP contribution < -0.4 is 10.6 Å². The molecule has 0 aromatic carbocycles. The van der Waals surface area contributed by atoms with Crippen molar-refractivity contribution in [3.8, 4) is 11.3 Å². The Morgan fingerprint density at radius 2 is 2.18 bits per heavy atom. The average Bonchev–Trinajstić information content (AvgIpc) is 3.30. The van der Waals surface area contributed by atoms with Gasteiger partial charge in [-0.15, -0.1) is 0 Å². The second-order valence-electron chi connectivity index (χ2n) is 6.92. The Morgan fingerprint density at radius 3 is 3.00 bits per heavy atom. The summed E-state index contributed by atoms with van der Waals surface area (Å²) in [4.78, 5) is 25.6. The lowest BCUT2D eigenvalue weighted by Gasteiger charge is -2.09. The molecule has 0 unspecified atom stereocenters. The Morgan fingerprint density at radius 1 is 1.29 bits per heavy atom. The molecule has 28 heavy (non-hydrogen) atoms. The van der Waals surface area contributed by atoms with Crippen molar-refractivity contribution in [1.29, 1.82) is 0 Å². The van der Waals surface area contributed by atoms with Gasteiger partial charge in [0.05, 0.1) is 5.69 Å². The molecule has 8 nitrogen and oxygen atoms in total. The third kappa shape index (κ3) is 3.85. The number of aromatic nitrogens is 5. The van der Waals surface area contributed by atoms with Gasteiger partial charge < -0.3 is 5.32 Å². The molecule has 144 valence electrons. The van der Waals surface area contributed by atoms with Crippen LogP contribution in [0.3, 0.4) is 0 Å². The Bertz CT molecular complexity index is 997. The molecule has 2 N–H and O–H groups in total. The topological polar surface area (TPSA) is 97.6 Å². The molecule has 3 aromatic rings. The van der Waals surface area contributed by atoms with Gasteiger partial charge in [0, 0.05) is 55.4 Å². The molecule has 0 fully saturated rings. The van der Waals surface area contributed by atoms with Crippen LogP contribution in [0.2, 0.25) is 0 Å². The van der Waals surface area contributed by atoms with Gasteiger partial charge in [0.2, 0.25) is 0 Å². The van der Waals surface area contributed by atoms with Crippen LogP contribution in [0.15, 0.2) is 30.6 Å². The number of hydrogen-bond donors (Lipinski definition) is 2. The van der Waals surface area contributed by atoms with Gasteiger partial charge in [-0.1, -0.05) is 0 Å². The van der Waals surface area contributed by atoms with Crippen LogP contribution in [0, 0.1) is 6.92 Å². The lowest BCUT2D eigenvalue weighted by Crippen LogP contribution is -2.31. The number of urea groups is 1. The van der Waals surface area contributed by atoms with E-state index in [4.69, 9.17) is 0 Å². The molecule has 3 aromatic heterocycles. The van der Waals surface area contributed by atoms with Crippen LogP contribution in [0.5, 0.6) is 0 Å². The SMILES string of the molecule is Cc1nc(CCNC(=O)Nc2cc(-c3cccnc3)nn2C)nc2c1CCC2. The third-order valence-corrected chi connectivity index (χ3v) is 4.90. The number of rotatable bonds is 5. The minimum Gasteiger partial charge on any atom is -0.337 e. The summed E-state index contributed by atoms with van der Waals surface area (Å²) < 4.78 is 1.63. The first-order valence-electron chi connectivity index (χ1n) is 9.44. The second-order valence-corrected chi connectivity index (χ2v) is 6.92. The molecule has 0 radical (unpaired) electrons. The standard InChI is InChI=1S/C20H23N7O/c1-13-15-6-3-7-16(15)24-18(23-13)8-10-22-20(28)25-19-11-17(26-27(19)2)14-5-4-9-21-12-14/h4-5,9,11-12H,3,6-8,10H2,1-2H3,(H2,22,25,28). The van der Waals surface area contributed by atoms with Gasteiger partial charge in [0.1, 0.15) is 11.6 Å². The smallest absolute Gasteiger partial charge is 0.320 e. The summed E-state index contributed by atoms with van der Waals surface area (Å²) in [5.41, 5.74) is 5.20. The van der Waals surface area contributed by atoms with Crippen molar-refractivity contribution in [2.75, 3.05) is 11.9 Å². The van der Waals surface area contributed by atoms with Crippen molar-refractivity contribution in [3.63, 3.8) is 0 Å². The number of aryl methyl sites for hydroxylation is 3. The third-order valence-electron chi connectivity index (χ3n) is 4.90. The van der Waals surface area contributed by atoms with Gasteiger partial charge in [0.25, 0.3) is 0 Å². The highest BCUT2D eigenvalue weighted by atomic mass is 16.2. The zero-order valence-electron chi connectivity index (χ0n) is 16.1. The maximum Gasteiger partial charge on any atom is 0.320 e. The van der Waals surface area contributed by atoms with E-state index in [2.05, 4.69) is 30.7 Å². The number of nitrogens with zero attached hydrogens (tertiary/aromatic N) is 5. The van der Waals surface area contributed by atoms with E-state index in [0.29, 0.717) is 18.8 Å². The largest absolute Gasteiger partial charge is 0.337 e. The summed E-state index contributed by atoms with van der Waals surface area (Å²) in [6, 6.07) is 5.33. The van der Waals surface area contributed by atoms with Crippen LogP contribution in [0.1, 0.15) is 29.2 Å². The fraction of sp³-hybridized carbons (Fsp3) is 0.350. The first-order chi connectivity index (χ1) is 13.6. The molecule has 8 heteroatoms. The van der Waals surface area contributed by atoms with Crippen LogP contribution in [0.4, 0.5) is 10.6 Å². The number of amides is 2. The quantitative estimate of drug-likeness (QED) is 0.712. The summed E-state index contributed by atoms with van der Waals surface area (Å²) in [6.07, 6.45) is 7.32.